The van der Waals surface area contributed by atoms with Crippen LogP contribution in [0.5, 0.6) is 0 Å². The molecular formula is C10H16F2O5S. The zero-order valence-corrected chi connectivity index (χ0v) is 10.4. The largest absolute Gasteiger partial charge is 0.394 e. The van der Waals surface area contributed by atoms with Gasteiger partial charge in [-0.15, -0.1) is 0 Å². The fourth-order valence-corrected chi connectivity index (χ4v) is 2.76. The number of ether oxygens (including phenoxy) is 2. The first kappa shape index (κ1) is 14.3. The predicted molar refractivity (Wildman–Crippen MR) is 58.3 cm³/mol. The minimum atomic E-state index is -4.17. The lowest BCUT2D eigenvalue weighted by Crippen LogP contribution is -2.43. The van der Waals surface area contributed by atoms with E-state index in [2.05, 4.69) is 0 Å². The van der Waals surface area contributed by atoms with Gasteiger partial charge in [-0.05, 0) is 25.2 Å². The summed E-state index contributed by atoms with van der Waals surface area (Å²) < 4.78 is 55.0. The van der Waals surface area contributed by atoms with Crippen molar-refractivity contribution in [2.75, 3.05) is 6.61 Å². The second-order valence-corrected chi connectivity index (χ2v) is 5.74. The van der Waals surface area contributed by atoms with E-state index >= 15 is 0 Å². The minimum Gasteiger partial charge on any atom is -0.378 e. The topological polar surface area (TPSA) is 76.0 Å². The molecule has 0 aromatic carbocycles. The zero-order valence-electron chi connectivity index (χ0n) is 9.63. The first-order valence-electron chi connectivity index (χ1n) is 5.85. The molecule has 8 heteroatoms. The highest BCUT2D eigenvalue weighted by molar-refractivity contribution is 7.80. The minimum absolute atomic E-state index is 0.0100. The third kappa shape index (κ3) is 2.88. The molecule has 2 rings (SSSR count). The number of hydrogen-bond donors (Lipinski definition) is 2. The van der Waals surface area contributed by atoms with E-state index in [1.54, 1.807) is 0 Å². The molecule has 1 aliphatic heterocycles. The van der Waals surface area contributed by atoms with Gasteiger partial charge in [-0.2, -0.15) is 8.78 Å². The SMILES string of the molecule is O=S(O)C(F)(F)C(O)OC1CCC2CCOC2C1. The van der Waals surface area contributed by atoms with Crippen LogP contribution in [0.4, 0.5) is 8.78 Å². The molecular weight excluding hydrogens is 270 g/mol. The van der Waals surface area contributed by atoms with Crippen LogP contribution >= 0.6 is 0 Å². The molecule has 1 aliphatic carbocycles. The number of hydrogen-bond acceptors (Lipinski definition) is 4. The van der Waals surface area contributed by atoms with Gasteiger partial charge in [0.25, 0.3) is 0 Å². The lowest BCUT2D eigenvalue weighted by molar-refractivity contribution is -0.226. The van der Waals surface area contributed by atoms with Crippen molar-refractivity contribution >= 4 is 11.1 Å². The van der Waals surface area contributed by atoms with Crippen molar-refractivity contribution in [1.82, 2.24) is 0 Å². The number of fused-ring (bicyclic) bond motifs is 1. The van der Waals surface area contributed by atoms with E-state index in [1.807, 2.05) is 0 Å². The van der Waals surface area contributed by atoms with Gasteiger partial charge in [-0.1, -0.05) is 0 Å². The van der Waals surface area contributed by atoms with Gasteiger partial charge in [0.2, 0.25) is 17.4 Å². The molecule has 2 N–H and O–H groups in total. The maximum absolute atomic E-state index is 13.0. The van der Waals surface area contributed by atoms with Crippen molar-refractivity contribution in [3.63, 3.8) is 0 Å². The summed E-state index contributed by atoms with van der Waals surface area (Å²) in [7, 11) is 0. The maximum atomic E-state index is 13.0. The molecule has 2 fully saturated rings. The average Bonchev–Trinajstić information content (AvgIpc) is 2.75. The molecule has 1 saturated heterocycles. The molecule has 0 aromatic rings. The average molecular weight is 286 g/mol. The van der Waals surface area contributed by atoms with Crippen molar-refractivity contribution in [3.05, 3.63) is 0 Å². The zero-order chi connectivity index (χ0) is 13.3. The third-order valence-electron chi connectivity index (χ3n) is 3.54. The van der Waals surface area contributed by atoms with E-state index in [0.717, 1.165) is 12.8 Å². The molecule has 1 saturated carbocycles. The Balaban J connectivity index is 1.88. The number of alkyl halides is 2. The van der Waals surface area contributed by atoms with Gasteiger partial charge >= 0.3 is 5.25 Å². The summed E-state index contributed by atoms with van der Waals surface area (Å²) in [5.41, 5.74) is 0. The predicted octanol–water partition coefficient (Wildman–Crippen LogP) is 1.09. The van der Waals surface area contributed by atoms with Crippen LogP contribution in [0.3, 0.4) is 0 Å². The summed E-state index contributed by atoms with van der Waals surface area (Å²) in [6.45, 7) is 0.668. The Morgan fingerprint density at radius 3 is 2.78 bits per heavy atom. The molecule has 2 aliphatic rings. The molecule has 5 nitrogen and oxygen atoms in total. The number of halogens is 2. The molecule has 106 valence electrons. The molecule has 5 unspecified atom stereocenters. The Morgan fingerprint density at radius 1 is 1.39 bits per heavy atom. The lowest BCUT2D eigenvalue weighted by Gasteiger charge is -2.32. The Hall–Kier alpha value is -0.150. The van der Waals surface area contributed by atoms with Crippen molar-refractivity contribution in [1.29, 1.82) is 0 Å². The summed E-state index contributed by atoms with van der Waals surface area (Å²) in [5.74, 6) is 0.439. The molecule has 0 radical (unpaired) electrons. The molecule has 0 bridgehead atoms. The van der Waals surface area contributed by atoms with Crippen LogP contribution in [0.25, 0.3) is 0 Å². The van der Waals surface area contributed by atoms with Gasteiger partial charge in [-0.25, -0.2) is 4.21 Å². The summed E-state index contributed by atoms with van der Waals surface area (Å²) in [5, 5.41) is 5.00. The monoisotopic (exact) mass is 286 g/mol. The fraction of sp³-hybridized carbons (Fsp3) is 1.00. The van der Waals surface area contributed by atoms with E-state index in [1.165, 1.54) is 0 Å². The van der Waals surface area contributed by atoms with Crippen molar-refractivity contribution in [3.8, 4) is 0 Å². The van der Waals surface area contributed by atoms with Gasteiger partial charge in [0.15, 0.2) is 0 Å². The Bertz CT molecular complexity index is 327. The quantitative estimate of drug-likeness (QED) is 0.598. The summed E-state index contributed by atoms with van der Waals surface area (Å²) in [6.07, 6.45) is -0.373. The molecule has 0 aromatic heterocycles. The van der Waals surface area contributed by atoms with Gasteiger partial charge in [0, 0.05) is 13.0 Å². The summed E-state index contributed by atoms with van der Waals surface area (Å²) >= 11 is -3.46. The van der Waals surface area contributed by atoms with Crippen LogP contribution in [0, 0.1) is 5.92 Å². The molecule has 5 atom stereocenters. The normalized spacial score (nSPS) is 36.1. The van der Waals surface area contributed by atoms with Gasteiger partial charge in [-0.3, -0.25) is 0 Å². The van der Waals surface area contributed by atoms with E-state index in [4.69, 9.17) is 14.0 Å². The number of rotatable bonds is 4. The van der Waals surface area contributed by atoms with E-state index in [9.17, 15) is 18.1 Å². The van der Waals surface area contributed by atoms with E-state index in [-0.39, 0.29) is 6.10 Å². The highest BCUT2D eigenvalue weighted by Gasteiger charge is 2.48. The van der Waals surface area contributed by atoms with Crippen LogP contribution in [0.2, 0.25) is 0 Å². The molecule has 1 heterocycles. The van der Waals surface area contributed by atoms with Crippen LogP contribution in [0.15, 0.2) is 0 Å². The standard InChI is InChI=1S/C10H16F2O5S/c11-10(12,18(14)15)9(13)17-7-2-1-6-3-4-16-8(6)5-7/h6-9,13H,1-5H2,(H,14,15). The highest BCUT2D eigenvalue weighted by Crippen LogP contribution is 2.36. The van der Waals surface area contributed by atoms with Gasteiger partial charge in [0.05, 0.1) is 12.2 Å². The summed E-state index contributed by atoms with van der Waals surface area (Å²) in [6, 6.07) is 0. The Morgan fingerprint density at radius 2 is 2.11 bits per heavy atom. The molecule has 18 heavy (non-hydrogen) atoms. The lowest BCUT2D eigenvalue weighted by atomic mass is 9.84. The van der Waals surface area contributed by atoms with Crippen molar-refractivity contribution < 1.29 is 32.1 Å². The first-order chi connectivity index (χ1) is 8.41. The van der Waals surface area contributed by atoms with Crippen LogP contribution in [-0.2, 0) is 20.6 Å². The third-order valence-corrected chi connectivity index (χ3v) is 4.21. The van der Waals surface area contributed by atoms with Gasteiger partial charge in [0.1, 0.15) is 0 Å². The maximum Gasteiger partial charge on any atom is 0.394 e. The number of aliphatic hydroxyl groups is 1. The van der Waals surface area contributed by atoms with E-state index < -0.39 is 28.7 Å². The van der Waals surface area contributed by atoms with Crippen LogP contribution < -0.4 is 0 Å². The fourth-order valence-electron chi connectivity index (χ4n) is 2.53. The Kier molecular flexibility index (Phi) is 4.32. The van der Waals surface area contributed by atoms with Crippen molar-refractivity contribution in [2.24, 2.45) is 5.92 Å². The van der Waals surface area contributed by atoms with Crippen molar-refractivity contribution in [2.45, 2.75) is 49.4 Å². The second-order valence-electron chi connectivity index (χ2n) is 4.69. The summed E-state index contributed by atoms with van der Waals surface area (Å²) in [4.78, 5) is 0. The second kappa shape index (κ2) is 5.46. The van der Waals surface area contributed by atoms with Crippen LogP contribution in [-0.4, -0.2) is 44.2 Å². The van der Waals surface area contributed by atoms with Gasteiger partial charge < -0.3 is 19.1 Å². The van der Waals surface area contributed by atoms with E-state index in [0.29, 0.717) is 25.4 Å². The Labute approximate surface area is 106 Å². The first-order valence-corrected chi connectivity index (χ1v) is 6.96. The smallest absolute Gasteiger partial charge is 0.378 e. The molecule has 0 amide bonds. The number of aliphatic hydroxyl groups excluding tert-OH is 1. The molecule has 0 spiro atoms. The van der Waals surface area contributed by atoms with Crippen LogP contribution in [0.1, 0.15) is 25.7 Å². The highest BCUT2D eigenvalue weighted by atomic mass is 32.2.